The fraction of sp³-hybridized carbons (Fsp3) is 0.375. The molecule has 1 aliphatic heterocycles. The Labute approximate surface area is 157 Å². The summed E-state index contributed by atoms with van der Waals surface area (Å²) in [7, 11) is 1.50. The van der Waals surface area contributed by atoms with Crippen molar-refractivity contribution in [2.45, 2.75) is 13.5 Å². The number of fused-ring (bicyclic) bond motifs is 1. The van der Waals surface area contributed by atoms with Crippen molar-refractivity contribution in [3.8, 4) is 5.75 Å². The van der Waals surface area contributed by atoms with Gasteiger partial charge in [0.1, 0.15) is 12.2 Å². The third-order valence-corrected chi connectivity index (χ3v) is 4.92. The SMILES string of the molecule is COCCN1CN(Cc2csc(C)n2)n2cc(C(=O)O)c(=O)c(O)c2C1=O. The predicted octanol–water partition coefficient (Wildman–Crippen LogP) is 0.215. The Kier molecular flexibility index (Phi) is 5.15. The van der Waals surface area contributed by atoms with Crippen LogP contribution in [0.25, 0.3) is 0 Å². The van der Waals surface area contributed by atoms with Gasteiger partial charge in [-0.2, -0.15) is 0 Å². The van der Waals surface area contributed by atoms with Crippen LogP contribution >= 0.6 is 11.3 Å². The molecular formula is C16H18N4O6S. The second-order valence-electron chi connectivity index (χ2n) is 5.94. The predicted molar refractivity (Wildman–Crippen MR) is 95.9 cm³/mol. The number of carboxylic acid groups (broad SMARTS) is 1. The Morgan fingerprint density at radius 3 is 2.74 bits per heavy atom. The highest BCUT2D eigenvalue weighted by Gasteiger charge is 2.34. The molecule has 0 aliphatic carbocycles. The molecule has 2 N–H and O–H groups in total. The first kappa shape index (κ1) is 18.9. The average Bonchev–Trinajstić information content (AvgIpc) is 3.03. The van der Waals surface area contributed by atoms with Crippen LogP contribution in [0.3, 0.4) is 0 Å². The molecule has 1 aliphatic rings. The number of rotatable bonds is 6. The maximum atomic E-state index is 12.7. The van der Waals surface area contributed by atoms with Gasteiger partial charge in [0.25, 0.3) is 5.91 Å². The van der Waals surface area contributed by atoms with Gasteiger partial charge < -0.3 is 19.8 Å². The molecule has 0 radical (unpaired) electrons. The molecule has 27 heavy (non-hydrogen) atoms. The zero-order valence-electron chi connectivity index (χ0n) is 14.7. The van der Waals surface area contributed by atoms with Gasteiger partial charge in [-0.05, 0) is 6.92 Å². The monoisotopic (exact) mass is 394 g/mol. The number of amides is 1. The van der Waals surface area contributed by atoms with Crippen LogP contribution in [-0.2, 0) is 11.3 Å². The van der Waals surface area contributed by atoms with Gasteiger partial charge in [0.2, 0.25) is 5.43 Å². The molecular weight excluding hydrogens is 376 g/mol. The van der Waals surface area contributed by atoms with Crippen LogP contribution in [0.5, 0.6) is 5.75 Å². The van der Waals surface area contributed by atoms with Crippen LogP contribution in [0, 0.1) is 6.92 Å². The number of thiazole rings is 1. The fourth-order valence-corrected chi connectivity index (χ4v) is 3.41. The lowest BCUT2D eigenvalue weighted by Gasteiger charge is -2.39. The van der Waals surface area contributed by atoms with Gasteiger partial charge in [0.05, 0.1) is 23.9 Å². The summed E-state index contributed by atoms with van der Waals surface area (Å²) in [5.41, 5.74) is -1.27. The Morgan fingerprint density at radius 2 is 2.15 bits per heavy atom. The van der Waals surface area contributed by atoms with Gasteiger partial charge in [-0.1, -0.05) is 0 Å². The van der Waals surface area contributed by atoms with Gasteiger partial charge in [-0.15, -0.1) is 11.3 Å². The van der Waals surface area contributed by atoms with Crippen LogP contribution in [0.2, 0.25) is 0 Å². The molecule has 0 saturated carbocycles. The number of aromatic nitrogens is 2. The molecule has 0 aromatic carbocycles. The standard InChI is InChI=1S/C16H18N4O6S/c1-9-17-10(7-27-9)5-19-8-18(3-4-26-2)15(23)12-14(22)13(21)11(16(24)25)6-20(12)19/h6-7,22H,3-5,8H2,1-2H3,(H,24,25). The van der Waals surface area contributed by atoms with Crippen LogP contribution in [0.4, 0.5) is 0 Å². The van der Waals surface area contributed by atoms with Crippen molar-refractivity contribution in [1.82, 2.24) is 14.6 Å². The number of nitrogens with zero attached hydrogens (tertiary/aromatic N) is 4. The first-order valence-electron chi connectivity index (χ1n) is 7.99. The smallest absolute Gasteiger partial charge is 0.341 e. The largest absolute Gasteiger partial charge is 0.502 e. The van der Waals surface area contributed by atoms with Crippen molar-refractivity contribution in [2.75, 3.05) is 31.9 Å². The highest BCUT2D eigenvalue weighted by atomic mass is 32.1. The van der Waals surface area contributed by atoms with Crippen LogP contribution in [0.1, 0.15) is 31.5 Å². The van der Waals surface area contributed by atoms with Crippen molar-refractivity contribution in [3.05, 3.63) is 43.8 Å². The van der Waals surface area contributed by atoms with Gasteiger partial charge in [0, 0.05) is 25.2 Å². The van der Waals surface area contributed by atoms with E-state index in [2.05, 4.69) is 4.98 Å². The normalized spacial score (nSPS) is 13.8. The molecule has 11 heteroatoms. The second-order valence-corrected chi connectivity index (χ2v) is 7.01. The van der Waals surface area contributed by atoms with Gasteiger partial charge >= 0.3 is 5.97 Å². The number of carbonyl (C=O) groups is 2. The maximum Gasteiger partial charge on any atom is 0.341 e. The first-order valence-corrected chi connectivity index (χ1v) is 8.87. The molecule has 0 saturated heterocycles. The fourth-order valence-electron chi connectivity index (χ4n) is 2.81. The van der Waals surface area contributed by atoms with E-state index in [9.17, 15) is 24.6 Å². The van der Waals surface area contributed by atoms with Crippen molar-refractivity contribution < 1.29 is 24.5 Å². The minimum Gasteiger partial charge on any atom is -0.502 e. The number of pyridine rings is 1. The average molecular weight is 394 g/mol. The molecule has 2 aromatic heterocycles. The summed E-state index contributed by atoms with van der Waals surface area (Å²) in [4.78, 5) is 42.0. The second kappa shape index (κ2) is 7.37. The van der Waals surface area contributed by atoms with E-state index in [1.165, 1.54) is 28.0 Å². The minimum absolute atomic E-state index is 0.118. The lowest BCUT2D eigenvalue weighted by atomic mass is 10.2. The zero-order chi connectivity index (χ0) is 19.7. The molecule has 3 heterocycles. The highest BCUT2D eigenvalue weighted by Crippen LogP contribution is 2.22. The van der Waals surface area contributed by atoms with E-state index >= 15 is 0 Å². The summed E-state index contributed by atoms with van der Waals surface area (Å²) in [6, 6.07) is 0. The quantitative estimate of drug-likeness (QED) is 0.713. The number of carbonyl (C=O) groups excluding carboxylic acids is 1. The lowest BCUT2D eigenvalue weighted by molar-refractivity contribution is 0.0613. The summed E-state index contributed by atoms with van der Waals surface area (Å²) in [6.45, 7) is 2.75. The molecule has 0 fully saturated rings. The van der Waals surface area contributed by atoms with E-state index in [0.717, 1.165) is 16.9 Å². The molecule has 0 bridgehead atoms. The van der Waals surface area contributed by atoms with Crippen LogP contribution < -0.4 is 10.4 Å². The number of hydrogen-bond acceptors (Lipinski definition) is 8. The van der Waals surface area contributed by atoms with E-state index in [1.807, 2.05) is 12.3 Å². The van der Waals surface area contributed by atoms with Crippen LogP contribution in [0.15, 0.2) is 16.4 Å². The summed E-state index contributed by atoms with van der Waals surface area (Å²) in [5.74, 6) is -2.95. The number of aromatic hydroxyl groups is 1. The molecule has 0 spiro atoms. The molecule has 3 rings (SSSR count). The van der Waals surface area contributed by atoms with E-state index < -0.39 is 28.6 Å². The Hall–Kier alpha value is -2.92. The van der Waals surface area contributed by atoms with Crippen molar-refractivity contribution in [1.29, 1.82) is 0 Å². The first-order chi connectivity index (χ1) is 12.8. The summed E-state index contributed by atoms with van der Waals surface area (Å²) in [5, 5.41) is 23.8. The number of aryl methyl sites for hydroxylation is 1. The summed E-state index contributed by atoms with van der Waals surface area (Å²) < 4.78 is 6.23. The summed E-state index contributed by atoms with van der Waals surface area (Å²) in [6.07, 6.45) is 1.06. The van der Waals surface area contributed by atoms with Gasteiger partial charge in [0.15, 0.2) is 11.4 Å². The van der Waals surface area contributed by atoms with E-state index in [1.54, 1.807) is 5.01 Å². The van der Waals surface area contributed by atoms with Gasteiger partial charge in [-0.25, -0.2) is 9.78 Å². The lowest BCUT2D eigenvalue weighted by Crippen LogP contribution is -2.54. The third kappa shape index (κ3) is 3.51. The van der Waals surface area contributed by atoms with Crippen molar-refractivity contribution >= 4 is 23.2 Å². The highest BCUT2D eigenvalue weighted by molar-refractivity contribution is 7.09. The Bertz CT molecular complexity index is 953. The maximum absolute atomic E-state index is 12.7. The molecule has 0 atom stereocenters. The molecule has 10 nitrogen and oxygen atoms in total. The molecule has 1 amide bonds. The Morgan fingerprint density at radius 1 is 1.41 bits per heavy atom. The van der Waals surface area contributed by atoms with E-state index in [-0.39, 0.29) is 32.1 Å². The van der Waals surface area contributed by atoms with Crippen molar-refractivity contribution in [2.24, 2.45) is 0 Å². The number of aromatic carboxylic acids is 1. The molecule has 0 unspecified atom stereocenters. The van der Waals surface area contributed by atoms with E-state index in [4.69, 9.17) is 4.74 Å². The topological polar surface area (TPSA) is 125 Å². The number of carboxylic acids is 1. The third-order valence-electron chi connectivity index (χ3n) is 4.10. The van der Waals surface area contributed by atoms with Crippen molar-refractivity contribution in [3.63, 3.8) is 0 Å². The van der Waals surface area contributed by atoms with Gasteiger partial charge in [-0.3, -0.25) is 19.3 Å². The minimum atomic E-state index is -1.48. The Balaban J connectivity index is 2.10. The number of methoxy groups -OCH3 is 1. The molecule has 144 valence electrons. The molecule has 2 aromatic rings. The summed E-state index contributed by atoms with van der Waals surface area (Å²) >= 11 is 1.46. The van der Waals surface area contributed by atoms with E-state index in [0.29, 0.717) is 0 Å². The number of hydrogen-bond donors (Lipinski definition) is 2. The zero-order valence-corrected chi connectivity index (χ0v) is 15.5. The van der Waals surface area contributed by atoms with Crippen LogP contribution in [-0.4, -0.2) is 63.6 Å². The number of ether oxygens (including phenoxy) is 1.